The molecule has 0 aliphatic carbocycles. The molecule has 0 bridgehead atoms. The standard InChI is InChI=1S/C11H9N5O2S2/c1-5-8(20-16-14-5)10(17)13-7-3-4-19-9(7)11-12-6(2)15-18-11/h3-4H,1-2H3,(H,13,17). The van der Waals surface area contributed by atoms with Gasteiger partial charge >= 0.3 is 0 Å². The van der Waals surface area contributed by atoms with Crippen LogP contribution in [0.5, 0.6) is 0 Å². The van der Waals surface area contributed by atoms with Gasteiger partial charge in [0.15, 0.2) is 5.82 Å². The molecule has 3 heterocycles. The minimum Gasteiger partial charge on any atom is -0.333 e. The molecule has 3 aromatic heterocycles. The van der Waals surface area contributed by atoms with E-state index in [2.05, 4.69) is 25.0 Å². The van der Waals surface area contributed by atoms with Crippen LogP contribution in [0.15, 0.2) is 16.0 Å². The Morgan fingerprint density at radius 1 is 1.40 bits per heavy atom. The minimum atomic E-state index is -0.242. The van der Waals surface area contributed by atoms with Crippen molar-refractivity contribution in [3.05, 3.63) is 27.8 Å². The monoisotopic (exact) mass is 307 g/mol. The molecule has 0 saturated carbocycles. The van der Waals surface area contributed by atoms with E-state index in [9.17, 15) is 4.79 Å². The number of anilines is 1. The minimum absolute atomic E-state index is 0.242. The molecule has 0 aliphatic heterocycles. The van der Waals surface area contributed by atoms with Crippen molar-refractivity contribution < 1.29 is 9.32 Å². The van der Waals surface area contributed by atoms with E-state index in [1.165, 1.54) is 11.3 Å². The second-order valence-corrected chi connectivity index (χ2v) is 5.62. The maximum atomic E-state index is 12.1. The summed E-state index contributed by atoms with van der Waals surface area (Å²) in [5.41, 5.74) is 1.24. The number of aryl methyl sites for hydroxylation is 2. The van der Waals surface area contributed by atoms with Crippen LogP contribution in [0.3, 0.4) is 0 Å². The van der Waals surface area contributed by atoms with Crippen LogP contribution in [-0.2, 0) is 0 Å². The third-order valence-corrected chi connectivity index (χ3v) is 4.22. The van der Waals surface area contributed by atoms with E-state index in [0.29, 0.717) is 28.0 Å². The molecule has 9 heteroatoms. The molecule has 0 spiro atoms. The molecule has 0 aliphatic rings. The summed E-state index contributed by atoms with van der Waals surface area (Å²) in [7, 11) is 0. The van der Waals surface area contributed by atoms with Gasteiger partial charge in [0.25, 0.3) is 11.8 Å². The Labute approximate surface area is 121 Å². The third kappa shape index (κ3) is 2.32. The zero-order valence-corrected chi connectivity index (χ0v) is 12.2. The number of hydrogen-bond acceptors (Lipinski definition) is 8. The lowest BCUT2D eigenvalue weighted by atomic mass is 10.3. The highest BCUT2D eigenvalue weighted by molar-refractivity contribution is 7.14. The van der Waals surface area contributed by atoms with E-state index in [0.717, 1.165) is 16.4 Å². The molecule has 3 aromatic rings. The number of thiophene rings is 1. The fourth-order valence-electron chi connectivity index (χ4n) is 1.58. The number of hydrogen-bond donors (Lipinski definition) is 1. The Hall–Kier alpha value is -2.13. The van der Waals surface area contributed by atoms with Crippen LogP contribution in [0.4, 0.5) is 5.69 Å². The van der Waals surface area contributed by atoms with Crippen molar-refractivity contribution in [3.63, 3.8) is 0 Å². The van der Waals surface area contributed by atoms with Gasteiger partial charge in [0, 0.05) is 0 Å². The number of carbonyl (C=O) groups is 1. The Kier molecular flexibility index (Phi) is 3.28. The van der Waals surface area contributed by atoms with Gasteiger partial charge in [-0.2, -0.15) is 4.98 Å². The Morgan fingerprint density at radius 2 is 2.25 bits per heavy atom. The molecule has 3 rings (SSSR count). The van der Waals surface area contributed by atoms with Gasteiger partial charge in [0.1, 0.15) is 9.75 Å². The van der Waals surface area contributed by atoms with Crippen molar-refractivity contribution in [1.82, 2.24) is 19.7 Å². The summed E-state index contributed by atoms with van der Waals surface area (Å²) in [6, 6.07) is 1.79. The Balaban J connectivity index is 1.88. The van der Waals surface area contributed by atoms with Crippen LogP contribution < -0.4 is 5.32 Å². The summed E-state index contributed by atoms with van der Waals surface area (Å²) in [4.78, 5) is 17.5. The summed E-state index contributed by atoms with van der Waals surface area (Å²) in [6.07, 6.45) is 0. The van der Waals surface area contributed by atoms with E-state index < -0.39 is 0 Å². The highest BCUT2D eigenvalue weighted by Crippen LogP contribution is 2.32. The SMILES string of the molecule is Cc1noc(-c2sccc2NC(=O)c2snnc2C)n1. The van der Waals surface area contributed by atoms with Crippen molar-refractivity contribution >= 4 is 34.5 Å². The predicted molar refractivity (Wildman–Crippen MR) is 74.9 cm³/mol. The highest BCUT2D eigenvalue weighted by atomic mass is 32.1. The smallest absolute Gasteiger partial charge is 0.270 e. The lowest BCUT2D eigenvalue weighted by Crippen LogP contribution is -2.11. The van der Waals surface area contributed by atoms with Crippen LogP contribution in [0, 0.1) is 13.8 Å². The molecule has 1 N–H and O–H groups in total. The lowest BCUT2D eigenvalue weighted by molar-refractivity contribution is 0.103. The van der Waals surface area contributed by atoms with E-state index >= 15 is 0 Å². The van der Waals surface area contributed by atoms with Crippen LogP contribution in [0.1, 0.15) is 21.2 Å². The quantitative estimate of drug-likeness (QED) is 0.799. The van der Waals surface area contributed by atoms with Gasteiger partial charge in [0.2, 0.25) is 0 Å². The molecule has 0 fully saturated rings. The summed E-state index contributed by atoms with van der Waals surface area (Å²) in [5, 5.41) is 12.2. The second kappa shape index (κ2) is 5.10. The number of rotatable bonds is 3. The van der Waals surface area contributed by atoms with Crippen LogP contribution >= 0.6 is 22.9 Å². The fraction of sp³-hybridized carbons (Fsp3) is 0.182. The molecule has 0 radical (unpaired) electrons. The topological polar surface area (TPSA) is 93.8 Å². The van der Waals surface area contributed by atoms with Crippen molar-refractivity contribution in [2.45, 2.75) is 13.8 Å². The number of nitrogens with one attached hydrogen (secondary N) is 1. The summed E-state index contributed by atoms with van der Waals surface area (Å²) < 4.78 is 8.87. The van der Waals surface area contributed by atoms with Gasteiger partial charge in [-0.25, -0.2) is 0 Å². The van der Waals surface area contributed by atoms with Crippen LogP contribution in [-0.4, -0.2) is 25.6 Å². The summed E-state index contributed by atoms with van der Waals surface area (Å²) in [5.74, 6) is 0.702. The Morgan fingerprint density at radius 3 is 2.90 bits per heavy atom. The average molecular weight is 307 g/mol. The lowest BCUT2D eigenvalue weighted by Gasteiger charge is -2.02. The molecular weight excluding hydrogens is 298 g/mol. The largest absolute Gasteiger partial charge is 0.333 e. The zero-order chi connectivity index (χ0) is 14.1. The first-order valence-electron chi connectivity index (χ1n) is 5.63. The van der Waals surface area contributed by atoms with E-state index in [1.807, 2.05) is 5.38 Å². The maximum absolute atomic E-state index is 12.1. The molecule has 0 saturated heterocycles. The van der Waals surface area contributed by atoms with Gasteiger partial charge in [0.05, 0.1) is 11.4 Å². The van der Waals surface area contributed by atoms with E-state index in [-0.39, 0.29) is 5.91 Å². The third-order valence-electron chi connectivity index (χ3n) is 2.49. The van der Waals surface area contributed by atoms with Crippen molar-refractivity contribution in [3.8, 4) is 10.8 Å². The molecule has 0 aromatic carbocycles. The highest BCUT2D eigenvalue weighted by Gasteiger charge is 2.18. The summed E-state index contributed by atoms with van der Waals surface area (Å²) in [6.45, 7) is 3.49. The van der Waals surface area contributed by atoms with Crippen molar-refractivity contribution in [2.24, 2.45) is 0 Å². The number of nitrogens with zero attached hydrogens (tertiary/aromatic N) is 4. The molecular formula is C11H9N5O2S2. The first kappa shape index (κ1) is 12.9. The van der Waals surface area contributed by atoms with Gasteiger partial charge in [-0.15, -0.1) is 16.4 Å². The van der Waals surface area contributed by atoms with E-state index in [1.54, 1.807) is 19.9 Å². The number of amides is 1. The molecule has 1 amide bonds. The number of aromatic nitrogens is 4. The molecule has 7 nitrogen and oxygen atoms in total. The fourth-order valence-corrected chi connectivity index (χ4v) is 2.90. The van der Waals surface area contributed by atoms with Gasteiger partial charge in [-0.1, -0.05) is 9.64 Å². The van der Waals surface area contributed by atoms with Crippen molar-refractivity contribution in [1.29, 1.82) is 0 Å². The van der Waals surface area contributed by atoms with Gasteiger partial charge < -0.3 is 9.84 Å². The van der Waals surface area contributed by atoms with Gasteiger partial charge in [-0.3, -0.25) is 4.79 Å². The Bertz CT molecular complexity index is 760. The molecule has 0 unspecified atom stereocenters. The second-order valence-electron chi connectivity index (χ2n) is 3.95. The van der Waals surface area contributed by atoms with Crippen LogP contribution in [0.2, 0.25) is 0 Å². The van der Waals surface area contributed by atoms with Gasteiger partial charge in [-0.05, 0) is 36.8 Å². The van der Waals surface area contributed by atoms with Crippen molar-refractivity contribution in [2.75, 3.05) is 5.32 Å². The molecule has 102 valence electrons. The average Bonchev–Trinajstić information content (AvgIpc) is 3.10. The first-order valence-corrected chi connectivity index (χ1v) is 7.29. The zero-order valence-electron chi connectivity index (χ0n) is 10.6. The maximum Gasteiger partial charge on any atom is 0.270 e. The normalized spacial score (nSPS) is 10.7. The summed E-state index contributed by atoms with van der Waals surface area (Å²) >= 11 is 2.48. The molecule has 20 heavy (non-hydrogen) atoms. The molecule has 0 atom stereocenters. The predicted octanol–water partition coefficient (Wildman–Crippen LogP) is 2.52. The number of carbonyl (C=O) groups excluding carboxylic acids is 1. The first-order chi connectivity index (χ1) is 9.65. The van der Waals surface area contributed by atoms with E-state index in [4.69, 9.17) is 4.52 Å². The van der Waals surface area contributed by atoms with Crippen LogP contribution in [0.25, 0.3) is 10.8 Å².